The summed E-state index contributed by atoms with van der Waals surface area (Å²) in [4.78, 5) is 21.3. The van der Waals surface area contributed by atoms with Gasteiger partial charge >= 0.3 is 0 Å². The third-order valence-electron chi connectivity index (χ3n) is 5.30. The van der Waals surface area contributed by atoms with E-state index in [0.717, 1.165) is 30.8 Å². The molecule has 2 heterocycles. The molecule has 0 atom stereocenters. The number of amides is 1. The van der Waals surface area contributed by atoms with Gasteiger partial charge in [0.05, 0.1) is 5.69 Å². The lowest BCUT2D eigenvalue weighted by atomic mass is 10.1. The minimum atomic E-state index is 0.0427. The van der Waals surface area contributed by atoms with Crippen molar-refractivity contribution in [1.82, 2.24) is 14.8 Å². The molecule has 0 saturated carbocycles. The van der Waals surface area contributed by atoms with Crippen molar-refractivity contribution in [2.45, 2.75) is 32.1 Å². The fraction of sp³-hybridized carbons (Fsp3) is 0.435. The fourth-order valence-corrected chi connectivity index (χ4v) is 3.65. The van der Waals surface area contributed by atoms with E-state index in [9.17, 15) is 4.79 Å². The Balaban J connectivity index is 1.54. The Kier molecular flexibility index (Phi) is 7.16. The Morgan fingerprint density at radius 3 is 2.50 bits per heavy atom. The molecule has 0 aliphatic carbocycles. The highest BCUT2D eigenvalue weighted by Crippen LogP contribution is 2.18. The number of carbonyl (C=O) groups is 1. The maximum Gasteiger partial charge on any atom is 0.253 e. The second-order valence-electron chi connectivity index (χ2n) is 7.43. The number of aromatic nitrogens is 1. The largest absolute Gasteiger partial charge is 0.342 e. The van der Waals surface area contributed by atoms with Gasteiger partial charge in [0.1, 0.15) is 11.8 Å². The summed E-state index contributed by atoms with van der Waals surface area (Å²) >= 11 is 0. The van der Waals surface area contributed by atoms with Crippen LogP contribution in [0.5, 0.6) is 0 Å². The Labute approximate surface area is 167 Å². The van der Waals surface area contributed by atoms with Gasteiger partial charge in [-0.05, 0) is 63.2 Å². The molecule has 5 heteroatoms. The van der Waals surface area contributed by atoms with Gasteiger partial charge in [-0.25, -0.2) is 4.98 Å². The van der Waals surface area contributed by atoms with Crippen LogP contribution in [0.15, 0.2) is 42.5 Å². The molecule has 1 aromatic carbocycles. The molecular formula is C23H28N4O. The smallest absolute Gasteiger partial charge is 0.253 e. The van der Waals surface area contributed by atoms with Crippen molar-refractivity contribution in [2.75, 3.05) is 33.2 Å². The maximum absolute atomic E-state index is 12.7. The zero-order valence-electron chi connectivity index (χ0n) is 16.6. The molecule has 1 amide bonds. The van der Waals surface area contributed by atoms with Crippen molar-refractivity contribution in [2.24, 2.45) is 0 Å². The lowest BCUT2D eigenvalue weighted by molar-refractivity contribution is 0.0788. The number of likely N-dealkylation sites (tertiary alicyclic amines) is 1. The Morgan fingerprint density at radius 1 is 1.11 bits per heavy atom. The van der Waals surface area contributed by atoms with Crippen LogP contribution in [0.4, 0.5) is 0 Å². The first kappa shape index (κ1) is 20.0. The minimum absolute atomic E-state index is 0.0427. The van der Waals surface area contributed by atoms with Crippen molar-refractivity contribution in [1.29, 1.82) is 5.26 Å². The van der Waals surface area contributed by atoms with E-state index >= 15 is 0 Å². The normalized spacial score (nSPS) is 14.9. The van der Waals surface area contributed by atoms with Crippen molar-refractivity contribution < 1.29 is 4.79 Å². The van der Waals surface area contributed by atoms with Crippen LogP contribution in [0.2, 0.25) is 0 Å². The number of carbonyl (C=O) groups excluding carboxylic acids is 1. The third-order valence-corrected chi connectivity index (χ3v) is 5.30. The molecule has 2 aromatic rings. The summed E-state index contributed by atoms with van der Waals surface area (Å²) in [7, 11) is 1.87. The number of nitriles is 1. The summed E-state index contributed by atoms with van der Waals surface area (Å²) in [5, 5.41) is 8.99. The highest BCUT2D eigenvalue weighted by molar-refractivity contribution is 5.94. The maximum atomic E-state index is 12.7. The second kappa shape index (κ2) is 10.0. The second-order valence-corrected chi connectivity index (χ2v) is 7.43. The monoisotopic (exact) mass is 376 g/mol. The lowest BCUT2D eigenvalue weighted by Crippen LogP contribution is -2.32. The fourth-order valence-electron chi connectivity index (χ4n) is 3.65. The van der Waals surface area contributed by atoms with Crippen molar-refractivity contribution in [3.63, 3.8) is 0 Å². The molecule has 0 unspecified atom stereocenters. The molecule has 3 rings (SSSR count). The Morgan fingerprint density at radius 2 is 1.82 bits per heavy atom. The van der Waals surface area contributed by atoms with Gasteiger partial charge in [0, 0.05) is 24.7 Å². The predicted octanol–water partition coefficient (Wildman–Crippen LogP) is 3.96. The Bertz CT molecular complexity index is 817. The SMILES string of the molecule is CN(CCCN1CCCCCC1)C(=O)c1ccc(-c2cccc(C#N)n2)cc1. The number of pyridine rings is 1. The van der Waals surface area contributed by atoms with Crippen LogP contribution in [0.3, 0.4) is 0 Å². The molecule has 5 nitrogen and oxygen atoms in total. The molecule has 0 N–H and O–H groups in total. The number of rotatable bonds is 6. The highest BCUT2D eigenvalue weighted by atomic mass is 16.2. The number of hydrogen-bond donors (Lipinski definition) is 0. The molecule has 28 heavy (non-hydrogen) atoms. The van der Waals surface area contributed by atoms with Crippen molar-refractivity contribution in [3.05, 3.63) is 53.7 Å². The van der Waals surface area contributed by atoms with Crippen molar-refractivity contribution in [3.8, 4) is 17.3 Å². The minimum Gasteiger partial charge on any atom is -0.342 e. The first-order chi connectivity index (χ1) is 13.7. The number of benzene rings is 1. The number of hydrogen-bond acceptors (Lipinski definition) is 4. The topological polar surface area (TPSA) is 60.2 Å². The van der Waals surface area contributed by atoms with Crippen LogP contribution in [-0.4, -0.2) is 53.9 Å². The summed E-state index contributed by atoms with van der Waals surface area (Å²) in [6.07, 6.45) is 6.30. The van der Waals surface area contributed by atoms with E-state index < -0.39 is 0 Å². The summed E-state index contributed by atoms with van der Waals surface area (Å²) in [5.74, 6) is 0.0427. The molecule has 1 saturated heterocycles. The summed E-state index contributed by atoms with van der Waals surface area (Å²) < 4.78 is 0. The van der Waals surface area contributed by atoms with Gasteiger partial charge in [0.2, 0.25) is 0 Å². The van der Waals surface area contributed by atoms with Gasteiger partial charge in [-0.15, -0.1) is 0 Å². The van der Waals surface area contributed by atoms with Gasteiger partial charge < -0.3 is 9.80 Å². The first-order valence-corrected chi connectivity index (χ1v) is 10.1. The van der Waals surface area contributed by atoms with Crippen LogP contribution in [0, 0.1) is 11.3 Å². The van der Waals surface area contributed by atoms with E-state index in [1.165, 1.54) is 38.8 Å². The lowest BCUT2D eigenvalue weighted by Gasteiger charge is -2.22. The molecule has 0 spiro atoms. The summed E-state index contributed by atoms with van der Waals surface area (Å²) in [6, 6.07) is 14.9. The molecule has 0 bridgehead atoms. The molecular weight excluding hydrogens is 348 g/mol. The van der Waals surface area contributed by atoms with Crippen LogP contribution in [-0.2, 0) is 0 Å². The summed E-state index contributed by atoms with van der Waals surface area (Å²) in [6.45, 7) is 4.22. The van der Waals surface area contributed by atoms with E-state index in [-0.39, 0.29) is 5.91 Å². The first-order valence-electron chi connectivity index (χ1n) is 10.1. The van der Waals surface area contributed by atoms with Crippen LogP contribution < -0.4 is 0 Å². The number of nitrogens with zero attached hydrogens (tertiary/aromatic N) is 4. The highest BCUT2D eigenvalue weighted by Gasteiger charge is 2.13. The quantitative estimate of drug-likeness (QED) is 0.766. The van der Waals surface area contributed by atoms with E-state index in [1.54, 1.807) is 11.0 Å². The van der Waals surface area contributed by atoms with E-state index in [2.05, 4.69) is 16.0 Å². The van der Waals surface area contributed by atoms with Crippen molar-refractivity contribution >= 4 is 5.91 Å². The van der Waals surface area contributed by atoms with Gasteiger partial charge in [0.25, 0.3) is 5.91 Å². The molecule has 1 aliphatic rings. The van der Waals surface area contributed by atoms with Crippen LogP contribution >= 0.6 is 0 Å². The van der Waals surface area contributed by atoms with Gasteiger partial charge in [0.15, 0.2) is 0 Å². The zero-order valence-corrected chi connectivity index (χ0v) is 16.6. The predicted molar refractivity (Wildman–Crippen MR) is 111 cm³/mol. The van der Waals surface area contributed by atoms with Gasteiger partial charge in [-0.3, -0.25) is 4.79 Å². The molecule has 1 aliphatic heterocycles. The van der Waals surface area contributed by atoms with Crippen LogP contribution in [0.1, 0.15) is 48.2 Å². The van der Waals surface area contributed by atoms with E-state index in [0.29, 0.717) is 11.3 Å². The van der Waals surface area contributed by atoms with Gasteiger partial charge in [-0.2, -0.15) is 5.26 Å². The molecule has 0 radical (unpaired) electrons. The summed E-state index contributed by atoms with van der Waals surface area (Å²) in [5.41, 5.74) is 2.71. The third kappa shape index (κ3) is 5.40. The van der Waals surface area contributed by atoms with Crippen LogP contribution in [0.25, 0.3) is 11.3 Å². The molecule has 146 valence electrons. The molecule has 1 fully saturated rings. The van der Waals surface area contributed by atoms with Gasteiger partial charge in [-0.1, -0.05) is 31.0 Å². The Hall–Kier alpha value is -2.71. The molecule has 1 aromatic heterocycles. The zero-order chi connectivity index (χ0) is 19.8. The van der Waals surface area contributed by atoms with E-state index in [1.807, 2.05) is 43.4 Å². The standard InChI is InChI=1S/C23H28N4O/c1-26(14-7-17-27-15-4-2-3-5-16-27)23(28)20-12-10-19(11-13-20)22-9-6-8-21(18-24)25-22/h6,8-13H,2-5,7,14-17H2,1H3. The average molecular weight is 377 g/mol. The van der Waals surface area contributed by atoms with E-state index in [4.69, 9.17) is 5.26 Å². The average Bonchev–Trinajstić information content (AvgIpc) is 3.02.